The lowest BCUT2D eigenvalue weighted by atomic mass is 10.2. The molecular weight excluding hydrogens is 301 g/mol. The van der Waals surface area contributed by atoms with Crippen molar-refractivity contribution in [2.45, 2.75) is 26.0 Å². The van der Waals surface area contributed by atoms with Crippen LogP contribution < -0.4 is 10.1 Å². The smallest absolute Gasteiger partial charge is 0.322 e. The number of aliphatic hydroxyl groups excluding tert-OH is 1. The number of hydrogen-bond acceptors (Lipinski definition) is 4. The van der Waals surface area contributed by atoms with Crippen LogP contribution >= 0.6 is 0 Å². The van der Waals surface area contributed by atoms with Crippen molar-refractivity contribution in [2.75, 3.05) is 38.6 Å². The number of halogens is 1. The highest BCUT2D eigenvalue weighted by molar-refractivity contribution is 5.91. The van der Waals surface area contributed by atoms with Crippen LogP contribution in [0.25, 0.3) is 0 Å². The van der Waals surface area contributed by atoms with E-state index < -0.39 is 11.9 Å². The quantitative estimate of drug-likeness (QED) is 0.885. The van der Waals surface area contributed by atoms with E-state index in [4.69, 9.17) is 4.74 Å². The van der Waals surface area contributed by atoms with Gasteiger partial charge in [0, 0.05) is 32.2 Å². The van der Waals surface area contributed by atoms with Crippen LogP contribution in [-0.2, 0) is 0 Å². The van der Waals surface area contributed by atoms with Crippen molar-refractivity contribution in [1.29, 1.82) is 0 Å². The summed E-state index contributed by atoms with van der Waals surface area (Å²) in [5.41, 5.74) is 0.0543. The molecule has 6 nitrogen and oxygen atoms in total. The van der Waals surface area contributed by atoms with E-state index in [2.05, 4.69) is 10.2 Å². The van der Waals surface area contributed by atoms with E-state index in [1.54, 1.807) is 17.9 Å². The zero-order chi connectivity index (χ0) is 17.0. The molecule has 1 aliphatic rings. The Labute approximate surface area is 135 Å². The third kappa shape index (κ3) is 4.33. The highest BCUT2D eigenvalue weighted by Gasteiger charge is 2.28. The van der Waals surface area contributed by atoms with Crippen molar-refractivity contribution in [2.24, 2.45) is 0 Å². The van der Waals surface area contributed by atoms with Gasteiger partial charge in [0.2, 0.25) is 0 Å². The van der Waals surface area contributed by atoms with Crippen LogP contribution in [0.1, 0.15) is 13.8 Å². The van der Waals surface area contributed by atoms with Crippen LogP contribution in [0.15, 0.2) is 18.2 Å². The molecule has 0 saturated carbocycles. The number of anilines is 1. The number of nitrogens with zero attached hydrogens (tertiary/aromatic N) is 2. The van der Waals surface area contributed by atoms with Crippen LogP contribution in [0.4, 0.5) is 14.9 Å². The molecule has 7 heteroatoms. The Bertz CT molecular complexity index is 553. The number of ether oxygens (including phenoxy) is 1. The van der Waals surface area contributed by atoms with Crippen molar-refractivity contribution in [3.63, 3.8) is 0 Å². The van der Waals surface area contributed by atoms with Crippen molar-refractivity contribution in [3.8, 4) is 5.75 Å². The summed E-state index contributed by atoms with van der Waals surface area (Å²) in [7, 11) is 1.43. The molecular formula is C16H24FN3O3. The Morgan fingerprint density at radius 1 is 1.52 bits per heavy atom. The fourth-order valence-corrected chi connectivity index (χ4v) is 2.85. The molecule has 2 atom stereocenters. The molecule has 0 spiro atoms. The first kappa shape index (κ1) is 17.5. The molecule has 1 aromatic carbocycles. The molecule has 2 amide bonds. The van der Waals surface area contributed by atoms with Gasteiger partial charge >= 0.3 is 6.03 Å². The Kier molecular flexibility index (Phi) is 5.79. The number of carbonyl (C=O) groups excluding carboxylic acids is 1. The van der Waals surface area contributed by atoms with E-state index in [1.165, 1.54) is 19.2 Å². The number of nitrogens with one attached hydrogen (secondary N) is 1. The summed E-state index contributed by atoms with van der Waals surface area (Å²) in [6, 6.07) is 4.03. The Morgan fingerprint density at radius 2 is 2.26 bits per heavy atom. The van der Waals surface area contributed by atoms with Gasteiger partial charge in [-0.25, -0.2) is 9.18 Å². The summed E-state index contributed by atoms with van der Waals surface area (Å²) >= 11 is 0. The van der Waals surface area contributed by atoms with Gasteiger partial charge in [-0.1, -0.05) is 6.07 Å². The van der Waals surface area contributed by atoms with Gasteiger partial charge in [-0.15, -0.1) is 0 Å². The van der Waals surface area contributed by atoms with Crippen LogP contribution in [0.5, 0.6) is 5.75 Å². The molecule has 2 rings (SSSR count). The van der Waals surface area contributed by atoms with E-state index >= 15 is 0 Å². The predicted octanol–water partition coefficient (Wildman–Crippen LogP) is 1.75. The standard InChI is InChI=1S/C16H24FN3O3/c1-11-9-19(10-12(2)21)7-8-20(11)16(22)18-15-13(17)5-4-6-14(15)23-3/h4-6,11-12,21H,7-10H2,1-3H3,(H,18,22). The fraction of sp³-hybridized carbons (Fsp3) is 0.562. The largest absolute Gasteiger partial charge is 0.494 e. The second-order valence-corrected chi connectivity index (χ2v) is 5.90. The zero-order valence-corrected chi connectivity index (χ0v) is 13.8. The number of methoxy groups -OCH3 is 1. The minimum atomic E-state index is -0.530. The third-order valence-corrected chi connectivity index (χ3v) is 3.92. The zero-order valence-electron chi connectivity index (χ0n) is 13.8. The van der Waals surface area contributed by atoms with Gasteiger partial charge < -0.3 is 20.1 Å². The number of amides is 2. The molecule has 2 unspecified atom stereocenters. The number of β-amino-alcohol motifs (C(OH)–C–C–N with tert-alkyl or cyclic N) is 1. The highest BCUT2D eigenvalue weighted by Crippen LogP contribution is 2.27. The summed E-state index contributed by atoms with van der Waals surface area (Å²) in [5, 5.41) is 12.1. The number of carbonyl (C=O) groups is 1. The Balaban J connectivity index is 2.02. The van der Waals surface area contributed by atoms with Crippen molar-refractivity contribution in [1.82, 2.24) is 9.80 Å². The average molecular weight is 325 g/mol. The van der Waals surface area contributed by atoms with Gasteiger partial charge in [-0.3, -0.25) is 4.90 Å². The summed E-state index contributed by atoms with van der Waals surface area (Å²) in [5.74, 6) is -0.239. The van der Waals surface area contributed by atoms with Crippen molar-refractivity contribution >= 4 is 11.7 Å². The van der Waals surface area contributed by atoms with Crippen LogP contribution in [0.2, 0.25) is 0 Å². The van der Waals surface area contributed by atoms with Crippen molar-refractivity contribution < 1.29 is 19.0 Å². The minimum absolute atomic E-state index is 0.0275. The molecule has 23 heavy (non-hydrogen) atoms. The van der Waals surface area contributed by atoms with E-state index in [0.717, 1.165) is 0 Å². The van der Waals surface area contributed by atoms with Crippen molar-refractivity contribution in [3.05, 3.63) is 24.0 Å². The van der Waals surface area contributed by atoms with E-state index in [0.29, 0.717) is 31.9 Å². The van der Waals surface area contributed by atoms with E-state index in [-0.39, 0.29) is 17.8 Å². The number of rotatable bonds is 4. The molecule has 0 radical (unpaired) electrons. The summed E-state index contributed by atoms with van der Waals surface area (Å²) in [6.07, 6.45) is -0.398. The third-order valence-electron chi connectivity index (χ3n) is 3.92. The van der Waals surface area contributed by atoms with E-state index in [9.17, 15) is 14.3 Å². The number of piperazine rings is 1. The monoisotopic (exact) mass is 325 g/mol. The number of para-hydroxylation sites is 1. The normalized spacial score (nSPS) is 20.2. The molecule has 1 fully saturated rings. The average Bonchev–Trinajstić information content (AvgIpc) is 2.48. The maximum absolute atomic E-state index is 13.9. The molecule has 2 N–H and O–H groups in total. The van der Waals surface area contributed by atoms with Gasteiger partial charge in [-0.05, 0) is 26.0 Å². The SMILES string of the molecule is COc1cccc(F)c1NC(=O)N1CCN(CC(C)O)CC1C. The number of hydrogen-bond donors (Lipinski definition) is 2. The second-order valence-electron chi connectivity index (χ2n) is 5.90. The van der Waals surface area contributed by atoms with Gasteiger partial charge in [0.05, 0.1) is 13.2 Å². The molecule has 0 aliphatic carbocycles. The number of urea groups is 1. The van der Waals surface area contributed by atoms with Gasteiger partial charge in [0.15, 0.2) is 5.82 Å². The maximum Gasteiger partial charge on any atom is 0.322 e. The lowest BCUT2D eigenvalue weighted by Crippen LogP contribution is -2.56. The lowest BCUT2D eigenvalue weighted by Gasteiger charge is -2.40. The first-order valence-electron chi connectivity index (χ1n) is 7.73. The maximum atomic E-state index is 13.9. The molecule has 1 aliphatic heterocycles. The van der Waals surface area contributed by atoms with Gasteiger partial charge in [-0.2, -0.15) is 0 Å². The summed E-state index contributed by atoms with van der Waals surface area (Å²) in [6.45, 7) is 6.14. The summed E-state index contributed by atoms with van der Waals surface area (Å²) in [4.78, 5) is 16.2. The Hall–Kier alpha value is -1.86. The highest BCUT2D eigenvalue weighted by atomic mass is 19.1. The van der Waals surface area contributed by atoms with E-state index in [1.807, 2.05) is 6.92 Å². The van der Waals surface area contributed by atoms with Gasteiger partial charge in [0.1, 0.15) is 11.4 Å². The molecule has 128 valence electrons. The second kappa shape index (κ2) is 7.61. The first-order valence-corrected chi connectivity index (χ1v) is 7.73. The number of aliphatic hydroxyl groups is 1. The topological polar surface area (TPSA) is 65.0 Å². The van der Waals surface area contributed by atoms with Gasteiger partial charge in [0.25, 0.3) is 0 Å². The molecule has 1 heterocycles. The Morgan fingerprint density at radius 3 is 2.87 bits per heavy atom. The molecule has 0 aromatic heterocycles. The molecule has 0 bridgehead atoms. The fourth-order valence-electron chi connectivity index (χ4n) is 2.85. The first-order chi connectivity index (χ1) is 10.9. The lowest BCUT2D eigenvalue weighted by molar-refractivity contribution is 0.0691. The van der Waals surface area contributed by atoms with Crippen LogP contribution in [-0.4, -0.2) is 66.4 Å². The van der Waals surface area contributed by atoms with Crippen LogP contribution in [0.3, 0.4) is 0 Å². The minimum Gasteiger partial charge on any atom is -0.494 e. The number of benzene rings is 1. The molecule has 1 aromatic rings. The van der Waals surface area contributed by atoms with Crippen LogP contribution in [0, 0.1) is 5.82 Å². The molecule has 1 saturated heterocycles. The predicted molar refractivity (Wildman–Crippen MR) is 86.3 cm³/mol. The summed E-state index contributed by atoms with van der Waals surface area (Å²) < 4.78 is 19.0.